The van der Waals surface area contributed by atoms with Gasteiger partial charge in [0.15, 0.2) is 0 Å². The van der Waals surface area contributed by atoms with E-state index in [1.807, 2.05) is 6.92 Å². The summed E-state index contributed by atoms with van der Waals surface area (Å²) in [7, 11) is 0. The Morgan fingerprint density at radius 3 is 2.61 bits per heavy atom. The van der Waals surface area contributed by atoms with Gasteiger partial charge in [0.2, 0.25) is 0 Å². The van der Waals surface area contributed by atoms with Crippen molar-refractivity contribution in [1.82, 2.24) is 10.2 Å². The van der Waals surface area contributed by atoms with Gasteiger partial charge in [-0.15, -0.1) is 0 Å². The summed E-state index contributed by atoms with van der Waals surface area (Å²) in [5.74, 6) is -1.30. The van der Waals surface area contributed by atoms with Crippen molar-refractivity contribution >= 4 is 17.9 Å². The number of amides is 3. The molecule has 0 bridgehead atoms. The van der Waals surface area contributed by atoms with Gasteiger partial charge in [-0.05, 0) is 12.8 Å². The predicted molar refractivity (Wildman–Crippen MR) is 65.0 cm³/mol. The minimum atomic E-state index is -1.02. The summed E-state index contributed by atoms with van der Waals surface area (Å²) in [5, 5.41) is 11.4. The van der Waals surface area contributed by atoms with Gasteiger partial charge < -0.3 is 10.4 Å². The van der Waals surface area contributed by atoms with Crippen molar-refractivity contribution in [2.24, 2.45) is 0 Å². The number of nitrogens with one attached hydrogen (secondary N) is 1. The number of hydrogen-bond donors (Lipinski definition) is 2. The Bertz CT molecular complexity index is 390. The fraction of sp³-hybridized carbons (Fsp3) is 0.583. The molecule has 1 saturated heterocycles. The summed E-state index contributed by atoms with van der Waals surface area (Å²) in [6.07, 6.45) is 3.17. The third-order valence-corrected chi connectivity index (χ3v) is 2.86. The number of hydrogen-bond acceptors (Lipinski definition) is 3. The van der Waals surface area contributed by atoms with Crippen LogP contribution in [0.25, 0.3) is 0 Å². The molecular weight excluding hydrogens is 236 g/mol. The highest BCUT2D eigenvalue weighted by Crippen LogP contribution is 2.12. The molecule has 1 rings (SSSR count). The SMILES string of the molecule is CCCC1NC(=O)N(CC=C(CC)C(=O)O)C1=O. The average molecular weight is 254 g/mol. The molecule has 0 aromatic heterocycles. The van der Waals surface area contributed by atoms with E-state index < -0.39 is 18.0 Å². The lowest BCUT2D eigenvalue weighted by Gasteiger charge is -2.10. The molecule has 1 unspecified atom stereocenters. The monoisotopic (exact) mass is 254 g/mol. The lowest BCUT2D eigenvalue weighted by molar-refractivity contribution is -0.133. The van der Waals surface area contributed by atoms with Crippen molar-refractivity contribution in [1.29, 1.82) is 0 Å². The maximum atomic E-state index is 11.8. The number of carboxylic acids is 1. The van der Waals surface area contributed by atoms with Crippen molar-refractivity contribution in [2.75, 3.05) is 6.54 Å². The van der Waals surface area contributed by atoms with E-state index in [-0.39, 0.29) is 18.0 Å². The molecule has 1 heterocycles. The fourth-order valence-corrected chi connectivity index (χ4v) is 1.82. The number of urea groups is 1. The fourth-order valence-electron chi connectivity index (χ4n) is 1.82. The first-order valence-corrected chi connectivity index (χ1v) is 6.05. The summed E-state index contributed by atoms with van der Waals surface area (Å²) >= 11 is 0. The predicted octanol–water partition coefficient (Wildman–Crippen LogP) is 1.13. The Labute approximate surface area is 106 Å². The number of rotatable bonds is 6. The molecule has 1 atom stereocenters. The number of nitrogens with zero attached hydrogens (tertiary/aromatic N) is 1. The van der Waals surface area contributed by atoms with Gasteiger partial charge in [0.1, 0.15) is 6.04 Å². The second kappa shape index (κ2) is 6.18. The number of carbonyl (C=O) groups excluding carboxylic acids is 2. The van der Waals surface area contributed by atoms with Crippen molar-refractivity contribution in [3.8, 4) is 0 Å². The summed E-state index contributed by atoms with van der Waals surface area (Å²) < 4.78 is 0. The number of imide groups is 1. The van der Waals surface area contributed by atoms with Gasteiger partial charge in [-0.2, -0.15) is 0 Å². The van der Waals surface area contributed by atoms with Gasteiger partial charge in [-0.1, -0.05) is 26.3 Å². The Hall–Kier alpha value is -1.85. The first kappa shape index (κ1) is 14.2. The highest BCUT2D eigenvalue weighted by Gasteiger charge is 2.36. The molecule has 0 aromatic rings. The van der Waals surface area contributed by atoms with Crippen LogP contribution in [0, 0.1) is 0 Å². The Morgan fingerprint density at radius 1 is 1.44 bits per heavy atom. The van der Waals surface area contributed by atoms with Crippen molar-refractivity contribution < 1.29 is 19.5 Å². The second-order valence-electron chi connectivity index (χ2n) is 4.13. The van der Waals surface area contributed by atoms with Crippen molar-refractivity contribution in [3.05, 3.63) is 11.6 Å². The third-order valence-electron chi connectivity index (χ3n) is 2.86. The average Bonchev–Trinajstić information content (AvgIpc) is 2.57. The standard InChI is InChI=1S/C12H18N2O4/c1-3-5-9-10(15)14(12(18)13-9)7-6-8(4-2)11(16)17/h6,9H,3-5,7H2,1-2H3,(H,13,18)(H,16,17). The Morgan fingerprint density at radius 2 is 2.11 bits per heavy atom. The zero-order valence-corrected chi connectivity index (χ0v) is 10.6. The van der Waals surface area contributed by atoms with Crippen LogP contribution in [-0.2, 0) is 9.59 Å². The van der Waals surface area contributed by atoms with E-state index >= 15 is 0 Å². The molecule has 6 nitrogen and oxygen atoms in total. The molecule has 18 heavy (non-hydrogen) atoms. The van der Waals surface area contributed by atoms with Crippen LogP contribution in [0.4, 0.5) is 4.79 Å². The van der Waals surface area contributed by atoms with Crippen molar-refractivity contribution in [2.45, 2.75) is 39.2 Å². The van der Waals surface area contributed by atoms with E-state index in [1.54, 1.807) is 6.92 Å². The largest absolute Gasteiger partial charge is 0.478 e. The Balaban J connectivity index is 2.70. The molecule has 0 saturated carbocycles. The van der Waals surface area contributed by atoms with E-state index in [0.29, 0.717) is 12.8 Å². The summed E-state index contributed by atoms with van der Waals surface area (Å²) in [6.45, 7) is 3.66. The highest BCUT2D eigenvalue weighted by molar-refractivity contribution is 6.04. The lowest BCUT2D eigenvalue weighted by Crippen LogP contribution is -2.32. The van der Waals surface area contributed by atoms with Gasteiger partial charge in [-0.3, -0.25) is 9.69 Å². The first-order chi connectivity index (χ1) is 8.51. The number of carboxylic acid groups (broad SMARTS) is 1. The molecule has 0 aliphatic carbocycles. The zero-order chi connectivity index (χ0) is 13.7. The minimum absolute atomic E-state index is 0.0142. The quantitative estimate of drug-likeness (QED) is 0.549. The second-order valence-corrected chi connectivity index (χ2v) is 4.13. The zero-order valence-electron chi connectivity index (χ0n) is 10.6. The number of carbonyl (C=O) groups is 3. The van der Waals surface area contributed by atoms with Gasteiger partial charge in [-0.25, -0.2) is 9.59 Å². The van der Waals surface area contributed by atoms with Gasteiger partial charge in [0.05, 0.1) is 0 Å². The molecule has 100 valence electrons. The van der Waals surface area contributed by atoms with Crippen LogP contribution >= 0.6 is 0 Å². The normalized spacial score (nSPS) is 20.2. The molecule has 1 aliphatic rings. The summed E-state index contributed by atoms with van der Waals surface area (Å²) in [4.78, 5) is 35.2. The van der Waals surface area contributed by atoms with Crippen molar-refractivity contribution in [3.63, 3.8) is 0 Å². The Kier molecular flexibility index (Phi) is 4.88. The highest BCUT2D eigenvalue weighted by atomic mass is 16.4. The van der Waals surface area contributed by atoms with Gasteiger partial charge >= 0.3 is 12.0 Å². The van der Waals surface area contributed by atoms with E-state index in [9.17, 15) is 14.4 Å². The molecule has 2 N–H and O–H groups in total. The van der Waals surface area contributed by atoms with E-state index in [2.05, 4.69) is 5.32 Å². The molecular formula is C12H18N2O4. The van der Waals surface area contributed by atoms with E-state index in [0.717, 1.165) is 11.3 Å². The van der Waals surface area contributed by atoms with Crippen LogP contribution in [0.2, 0.25) is 0 Å². The van der Waals surface area contributed by atoms with Crippen LogP contribution in [0.15, 0.2) is 11.6 Å². The number of aliphatic carboxylic acids is 1. The molecule has 6 heteroatoms. The maximum absolute atomic E-state index is 11.8. The maximum Gasteiger partial charge on any atom is 0.331 e. The van der Waals surface area contributed by atoms with Crippen LogP contribution < -0.4 is 5.32 Å². The summed E-state index contributed by atoms with van der Waals surface area (Å²) in [5.41, 5.74) is 0.203. The van der Waals surface area contributed by atoms with Crippen LogP contribution in [0.3, 0.4) is 0 Å². The smallest absolute Gasteiger partial charge is 0.331 e. The van der Waals surface area contributed by atoms with Crippen LogP contribution in [0.5, 0.6) is 0 Å². The molecule has 0 spiro atoms. The van der Waals surface area contributed by atoms with E-state index in [4.69, 9.17) is 5.11 Å². The molecule has 1 fully saturated rings. The molecule has 1 aliphatic heterocycles. The minimum Gasteiger partial charge on any atom is -0.478 e. The van der Waals surface area contributed by atoms with Crippen LogP contribution in [0.1, 0.15) is 33.1 Å². The molecule has 0 aromatic carbocycles. The van der Waals surface area contributed by atoms with Gasteiger partial charge in [0, 0.05) is 12.1 Å². The summed E-state index contributed by atoms with van der Waals surface area (Å²) in [6, 6.07) is -0.915. The lowest BCUT2D eigenvalue weighted by atomic mass is 10.1. The van der Waals surface area contributed by atoms with Gasteiger partial charge in [0.25, 0.3) is 5.91 Å². The molecule has 0 radical (unpaired) electrons. The van der Waals surface area contributed by atoms with Crippen LogP contribution in [-0.4, -0.2) is 40.5 Å². The molecule has 3 amide bonds. The first-order valence-electron chi connectivity index (χ1n) is 6.05. The third kappa shape index (κ3) is 3.09. The topological polar surface area (TPSA) is 86.7 Å². The van der Waals surface area contributed by atoms with E-state index in [1.165, 1.54) is 6.08 Å².